The van der Waals surface area contributed by atoms with E-state index in [9.17, 15) is 4.79 Å². The molecule has 2 unspecified atom stereocenters. The second-order valence-corrected chi connectivity index (χ2v) is 8.79. The predicted octanol–water partition coefficient (Wildman–Crippen LogP) is 3.87. The fraction of sp³-hybridized carbons (Fsp3) is 0.950. The number of amides is 1. The van der Waals surface area contributed by atoms with Crippen LogP contribution >= 0.6 is 0 Å². The van der Waals surface area contributed by atoms with E-state index >= 15 is 0 Å². The van der Waals surface area contributed by atoms with Crippen LogP contribution in [0.15, 0.2) is 0 Å². The highest BCUT2D eigenvalue weighted by Gasteiger charge is 2.40. The van der Waals surface area contributed by atoms with Gasteiger partial charge in [-0.05, 0) is 76.0 Å². The Bertz CT molecular complexity index is 413. The number of rotatable bonds is 5. The van der Waals surface area contributed by atoms with E-state index in [0.29, 0.717) is 36.0 Å². The van der Waals surface area contributed by atoms with E-state index in [-0.39, 0.29) is 0 Å². The molecular weight excluding hydrogens is 284 g/mol. The van der Waals surface area contributed by atoms with E-state index in [1.165, 1.54) is 70.6 Å². The highest BCUT2D eigenvalue weighted by Crippen LogP contribution is 2.38. The number of carbonyl (C=O) groups excluding carboxylic acids is 1. The third-order valence-electron chi connectivity index (χ3n) is 7.05. The molecule has 0 radical (unpaired) electrons. The molecule has 2 heterocycles. The molecule has 0 aromatic heterocycles. The normalized spacial score (nSPS) is 40.1. The Kier molecular flexibility index (Phi) is 4.67. The molecule has 0 aromatic rings. The molecule has 130 valence electrons. The fourth-order valence-corrected chi connectivity index (χ4v) is 5.58. The summed E-state index contributed by atoms with van der Waals surface area (Å²) < 4.78 is 0. The molecule has 2 aliphatic heterocycles. The van der Waals surface area contributed by atoms with Gasteiger partial charge in [-0.15, -0.1) is 0 Å². The Hall–Kier alpha value is -0.570. The first kappa shape index (κ1) is 15.9. The molecule has 3 heteroatoms. The first-order chi connectivity index (χ1) is 11.2. The summed E-state index contributed by atoms with van der Waals surface area (Å²) in [4.78, 5) is 15.5. The molecule has 2 saturated carbocycles. The van der Waals surface area contributed by atoms with Gasteiger partial charge in [0.15, 0.2) is 0 Å². The van der Waals surface area contributed by atoms with Gasteiger partial charge in [0.05, 0.1) is 0 Å². The summed E-state index contributed by atoms with van der Waals surface area (Å²) in [5, 5.41) is 3.71. The van der Waals surface area contributed by atoms with Crippen LogP contribution in [0.2, 0.25) is 0 Å². The van der Waals surface area contributed by atoms with Crippen molar-refractivity contribution in [2.75, 3.05) is 0 Å². The van der Waals surface area contributed by atoms with Crippen molar-refractivity contribution in [3.8, 4) is 0 Å². The Labute approximate surface area is 141 Å². The molecule has 3 nitrogen and oxygen atoms in total. The van der Waals surface area contributed by atoms with Crippen molar-refractivity contribution in [1.82, 2.24) is 10.2 Å². The Morgan fingerprint density at radius 2 is 1.43 bits per heavy atom. The van der Waals surface area contributed by atoms with Crippen LogP contribution in [0.3, 0.4) is 0 Å². The molecule has 2 atom stereocenters. The molecule has 0 aromatic carbocycles. The molecule has 1 amide bonds. The molecule has 0 spiro atoms. The van der Waals surface area contributed by atoms with Crippen molar-refractivity contribution in [3.05, 3.63) is 0 Å². The number of fused-ring (bicyclic) bond motifs is 2. The van der Waals surface area contributed by atoms with Crippen molar-refractivity contribution in [1.29, 1.82) is 0 Å². The maximum atomic E-state index is 13.1. The lowest BCUT2D eigenvalue weighted by Crippen LogP contribution is -2.46. The molecule has 2 bridgehead atoms. The van der Waals surface area contributed by atoms with Crippen LogP contribution in [-0.4, -0.2) is 35.0 Å². The van der Waals surface area contributed by atoms with Crippen molar-refractivity contribution in [2.45, 2.75) is 108 Å². The highest BCUT2D eigenvalue weighted by molar-refractivity contribution is 5.77. The first-order valence-electron chi connectivity index (χ1n) is 10.3. The van der Waals surface area contributed by atoms with Gasteiger partial charge >= 0.3 is 0 Å². The van der Waals surface area contributed by atoms with Crippen LogP contribution in [0.25, 0.3) is 0 Å². The topological polar surface area (TPSA) is 32.3 Å². The fourth-order valence-electron chi connectivity index (χ4n) is 5.58. The largest absolute Gasteiger partial charge is 0.337 e. The second kappa shape index (κ2) is 6.74. The summed E-state index contributed by atoms with van der Waals surface area (Å²) in [6.45, 7) is 2.32. The number of hydrogen-bond acceptors (Lipinski definition) is 2. The monoisotopic (exact) mass is 318 g/mol. The first-order valence-corrected chi connectivity index (χ1v) is 10.3. The van der Waals surface area contributed by atoms with E-state index in [0.717, 1.165) is 12.3 Å². The Balaban J connectivity index is 1.35. The van der Waals surface area contributed by atoms with Crippen LogP contribution < -0.4 is 5.32 Å². The molecule has 4 rings (SSSR count). The lowest BCUT2D eigenvalue weighted by atomic mass is 9.83. The minimum Gasteiger partial charge on any atom is -0.337 e. The van der Waals surface area contributed by atoms with Gasteiger partial charge in [-0.2, -0.15) is 0 Å². The molecular formula is C20H34N2O. The van der Waals surface area contributed by atoms with Crippen LogP contribution in [0, 0.1) is 11.8 Å². The van der Waals surface area contributed by atoms with E-state index in [2.05, 4.69) is 17.1 Å². The zero-order valence-corrected chi connectivity index (χ0v) is 14.8. The number of nitrogens with zero attached hydrogens (tertiary/aromatic N) is 1. The van der Waals surface area contributed by atoms with Crippen LogP contribution in [-0.2, 0) is 4.79 Å². The zero-order chi connectivity index (χ0) is 15.8. The van der Waals surface area contributed by atoms with Gasteiger partial charge in [-0.3, -0.25) is 4.79 Å². The summed E-state index contributed by atoms with van der Waals surface area (Å²) in [5.74, 6) is 2.07. The van der Waals surface area contributed by atoms with E-state index < -0.39 is 0 Å². The highest BCUT2D eigenvalue weighted by atomic mass is 16.2. The molecule has 4 fully saturated rings. The molecule has 1 N–H and O–H groups in total. The summed E-state index contributed by atoms with van der Waals surface area (Å²) in [6, 6.07) is 2.59. The molecule has 23 heavy (non-hydrogen) atoms. The number of piperidine rings is 1. The van der Waals surface area contributed by atoms with E-state index in [1.807, 2.05) is 0 Å². The number of hydrogen-bond donors (Lipinski definition) is 1. The third-order valence-corrected chi connectivity index (χ3v) is 7.05. The maximum Gasteiger partial charge on any atom is 0.223 e. The van der Waals surface area contributed by atoms with Gasteiger partial charge in [0.2, 0.25) is 5.91 Å². The lowest BCUT2D eigenvalue weighted by Gasteiger charge is -2.38. The van der Waals surface area contributed by atoms with Crippen molar-refractivity contribution in [2.24, 2.45) is 11.8 Å². The SMILES string of the molecule is CCC1CCC(N(C(=O)CC2CC3CCC(C2)N3)C2CC2)CC1. The number of carbonyl (C=O) groups is 1. The van der Waals surface area contributed by atoms with Gasteiger partial charge in [-0.1, -0.05) is 13.3 Å². The second-order valence-electron chi connectivity index (χ2n) is 8.79. The van der Waals surface area contributed by atoms with Crippen LogP contribution in [0.1, 0.15) is 84.0 Å². The average molecular weight is 319 g/mol. The summed E-state index contributed by atoms with van der Waals surface area (Å²) in [6.07, 6.45) is 15.0. The van der Waals surface area contributed by atoms with Gasteiger partial charge in [0.1, 0.15) is 0 Å². The third kappa shape index (κ3) is 3.60. The van der Waals surface area contributed by atoms with Gasteiger partial charge in [-0.25, -0.2) is 0 Å². The Morgan fingerprint density at radius 3 is 1.96 bits per heavy atom. The van der Waals surface area contributed by atoms with Gasteiger partial charge in [0, 0.05) is 30.6 Å². The minimum absolute atomic E-state index is 0.499. The minimum atomic E-state index is 0.499. The molecule has 2 saturated heterocycles. The van der Waals surface area contributed by atoms with Crippen LogP contribution in [0.5, 0.6) is 0 Å². The zero-order valence-electron chi connectivity index (χ0n) is 14.8. The maximum absolute atomic E-state index is 13.1. The number of nitrogens with one attached hydrogen (secondary N) is 1. The van der Waals surface area contributed by atoms with Crippen molar-refractivity contribution in [3.63, 3.8) is 0 Å². The standard InChI is InChI=1S/C20H34N2O/c1-2-14-3-7-18(8-4-14)22(19-9-10-19)20(23)13-15-11-16-5-6-17(12-15)21-16/h14-19,21H,2-13H2,1H3. The van der Waals surface area contributed by atoms with Gasteiger partial charge < -0.3 is 10.2 Å². The van der Waals surface area contributed by atoms with Gasteiger partial charge in [0.25, 0.3) is 0 Å². The Morgan fingerprint density at radius 1 is 0.870 bits per heavy atom. The predicted molar refractivity (Wildman–Crippen MR) is 93.2 cm³/mol. The van der Waals surface area contributed by atoms with E-state index in [4.69, 9.17) is 0 Å². The molecule has 4 aliphatic rings. The van der Waals surface area contributed by atoms with Crippen molar-refractivity contribution < 1.29 is 4.79 Å². The van der Waals surface area contributed by atoms with Crippen LogP contribution in [0.4, 0.5) is 0 Å². The van der Waals surface area contributed by atoms with E-state index in [1.54, 1.807) is 0 Å². The van der Waals surface area contributed by atoms with Crippen molar-refractivity contribution >= 4 is 5.91 Å². The quantitative estimate of drug-likeness (QED) is 0.834. The summed E-state index contributed by atoms with van der Waals surface area (Å²) in [5.41, 5.74) is 0. The smallest absolute Gasteiger partial charge is 0.223 e. The molecule has 2 aliphatic carbocycles. The summed E-state index contributed by atoms with van der Waals surface area (Å²) in [7, 11) is 0. The average Bonchev–Trinajstić information content (AvgIpc) is 3.33. The summed E-state index contributed by atoms with van der Waals surface area (Å²) >= 11 is 0. The lowest BCUT2D eigenvalue weighted by molar-refractivity contribution is -0.136.